The van der Waals surface area contributed by atoms with E-state index in [1.54, 1.807) is 0 Å². The first-order valence-electron chi connectivity index (χ1n) is 8.86. The monoisotopic (exact) mass is 295 g/mol. The predicted octanol–water partition coefficient (Wildman–Crippen LogP) is 6.41. The Kier molecular flexibility index (Phi) is 13.3. The average Bonchev–Trinajstić information content (AvgIpc) is 2.43. The lowest BCUT2D eigenvalue weighted by molar-refractivity contribution is 0.675. The van der Waals surface area contributed by atoms with Gasteiger partial charge in [0.25, 0.3) is 0 Å². The van der Waals surface area contributed by atoms with Crippen LogP contribution in [0.15, 0.2) is 16.8 Å². The molecule has 0 aromatic heterocycles. The van der Waals surface area contributed by atoms with Gasteiger partial charge < -0.3 is 0 Å². The number of hydrogen-bond donors (Lipinski definition) is 0. The van der Waals surface area contributed by atoms with Crippen molar-refractivity contribution in [1.82, 2.24) is 0 Å². The molecule has 0 aromatic carbocycles. The molecule has 1 nitrogen and oxygen atoms in total. The Morgan fingerprint density at radius 1 is 0.850 bits per heavy atom. The van der Waals surface area contributed by atoms with E-state index >= 15 is 0 Å². The van der Waals surface area contributed by atoms with Gasteiger partial charge >= 0.3 is 0 Å². The average molecular weight is 296 g/mol. The minimum atomic E-state index is -1.15. The molecule has 0 aliphatic carbocycles. The van der Waals surface area contributed by atoms with Crippen LogP contribution >= 0.6 is 0 Å². The van der Waals surface area contributed by atoms with Gasteiger partial charge in [-0.2, -0.15) is 0 Å². The summed E-state index contributed by atoms with van der Waals surface area (Å²) in [6, 6.07) is 4.31. The third kappa shape index (κ3) is 9.52. The van der Waals surface area contributed by atoms with Crippen molar-refractivity contribution in [3.63, 3.8) is 0 Å². The Balaban J connectivity index is 4.08. The van der Waals surface area contributed by atoms with Gasteiger partial charge in [-0.05, 0) is 32.0 Å². The summed E-state index contributed by atoms with van der Waals surface area (Å²) in [6.07, 6.45) is 13.7. The maximum atomic E-state index is 4.60. The second kappa shape index (κ2) is 13.6. The first-order valence-corrected chi connectivity index (χ1v) is 11.6. The maximum absolute atomic E-state index is 4.60. The summed E-state index contributed by atoms with van der Waals surface area (Å²) >= 11 is 0. The largest absolute Gasteiger partial charge is 0.298 e. The summed E-state index contributed by atoms with van der Waals surface area (Å²) in [5.74, 6) is 0. The van der Waals surface area contributed by atoms with Crippen LogP contribution in [0.4, 0.5) is 0 Å². The smallest absolute Gasteiger partial charge is 0.0777 e. The quantitative estimate of drug-likeness (QED) is 0.211. The van der Waals surface area contributed by atoms with E-state index in [4.69, 9.17) is 0 Å². The third-order valence-electron chi connectivity index (χ3n) is 4.06. The van der Waals surface area contributed by atoms with Crippen molar-refractivity contribution in [1.29, 1.82) is 0 Å². The first kappa shape index (κ1) is 19.6. The Morgan fingerprint density at radius 2 is 1.55 bits per heavy atom. The van der Waals surface area contributed by atoms with Crippen LogP contribution < -0.4 is 0 Å². The van der Waals surface area contributed by atoms with Crippen molar-refractivity contribution >= 4 is 14.3 Å². The van der Waals surface area contributed by atoms with Crippen molar-refractivity contribution in [2.24, 2.45) is 4.99 Å². The van der Waals surface area contributed by atoms with Crippen LogP contribution in [0.25, 0.3) is 0 Å². The van der Waals surface area contributed by atoms with Crippen LogP contribution in [0.1, 0.15) is 72.6 Å². The normalized spacial score (nSPS) is 12.8. The molecule has 0 rings (SSSR count). The molecule has 0 aliphatic heterocycles. The summed E-state index contributed by atoms with van der Waals surface area (Å²) in [6.45, 7) is 10.2. The fraction of sp³-hybridized carbons (Fsp3) is 0.833. The molecule has 0 heterocycles. The van der Waals surface area contributed by atoms with Gasteiger partial charge in [-0.15, -0.1) is 0 Å². The van der Waals surface area contributed by atoms with Crippen LogP contribution in [0.3, 0.4) is 0 Å². The highest BCUT2D eigenvalue weighted by Crippen LogP contribution is 2.27. The van der Waals surface area contributed by atoms with Crippen LogP contribution in [0, 0.1) is 0 Å². The Hall–Kier alpha value is -0.373. The second-order valence-corrected chi connectivity index (χ2v) is 10.6. The molecule has 0 aliphatic rings. The van der Waals surface area contributed by atoms with E-state index in [-0.39, 0.29) is 0 Å². The molecule has 0 aromatic rings. The minimum Gasteiger partial charge on any atom is -0.298 e. The topological polar surface area (TPSA) is 12.4 Å². The van der Waals surface area contributed by atoms with Crippen LogP contribution in [0.5, 0.6) is 0 Å². The van der Waals surface area contributed by atoms with Crippen molar-refractivity contribution < 1.29 is 0 Å². The van der Waals surface area contributed by atoms with E-state index in [1.807, 2.05) is 0 Å². The molecular weight excluding hydrogens is 258 g/mol. The zero-order chi connectivity index (χ0) is 15.1. The van der Waals surface area contributed by atoms with Gasteiger partial charge in [0.1, 0.15) is 0 Å². The molecule has 0 radical (unpaired) electrons. The molecule has 0 atom stereocenters. The molecule has 0 saturated carbocycles. The molecule has 20 heavy (non-hydrogen) atoms. The van der Waals surface area contributed by atoms with Gasteiger partial charge in [-0.1, -0.05) is 76.7 Å². The van der Waals surface area contributed by atoms with Crippen molar-refractivity contribution in [2.45, 2.75) is 90.8 Å². The Labute approximate surface area is 129 Å². The number of unbranched alkanes of at least 4 members (excludes halogenated alkanes) is 3. The highest BCUT2D eigenvalue weighted by Gasteiger charge is 2.26. The summed E-state index contributed by atoms with van der Waals surface area (Å²) in [5.41, 5.74) is 2.59. The van der Waals surface area contributed by atoms with Gasteiger partial charge in [0.05, 0.1) is 8.07 Å². The molecule has 2 heteroatoms. The van der Waals surface area contributed by atoms with E-state index in [0.29, 0.717) is 0 Å². The van der Waals surface area contributed by atoms with Crippen LogP contribution in [-0.2, 0) is 0 Å². The van der Waals surface area contributed by atoms with Gasteiger partial charge in [-0.25, -0.2) is 0 Å². The Bertz CT molecular complexity index is 252. The lowest BCUT2D eigenvalue weighted by Crippen LogP contribution is -2.31. The molecule has 0 N–H and O–H groups in total. The molecule has 0 unspecified atom stereocenters. The number of hydrogen-bond acceptors (Lipinski definition) is 1. The number of nitrogens with zero attached hydrogens (tertiary/aromatic N) is 1. The number of allylic oxidation sites excluding steroid dienone is 1. The molecule has 0 spiro atoms. The highest BCUT2D eigenvalue weighted by molar-refractivity contribution is 6.84. The second-order valence-electron chi connectivity index (χ2n) is 6.05. The molecule has 0 fully saturated rings. The Morgan fingerprint density at radius 3 is 2.10 bits per heavy atom. The van der Waals surface area contributed by atoms with E-state index in [2.05, 4.69) is 50.7 Å². The van der Waals surface area contributed by atoms with Gasteiger partial charge in [0.2, 0.25) is 0 Å². The molecule has 118 valence electrons. The lowest BCUT2D eigenvalue weighted by Gasteiger charge is -2.27. The van der Waals surface area contributed by atoms with Crippen molar-refractivity contribution in [3.05, 3.63) is 11.8 Å². The maximum Gasteiger partial charge on any atom is 0.0777 e. The van der Waals surface area contributed by atoms with Crippen LogP contribution in [0.2, 0.25) is 18.1 Å². The molecular formula is C18H37NSi. The molecule has 0 saturated heterocycles. The third-order valence-corrected chi connectivity index (χ3v) is 9.37. The summed E-state index contributed by atoms with van der Waals surface area (Å²) in [4.78, 5) is 4.60. The summed E-state index contributed by atoms with van der Waals surface area (Å²) in [7, 11) is -1.15. The van der Waals surface area contributed by atoms with E-state index < -0.39 is 8.07 Å². The number of aliphatic imine (C=N–C) groups is 1. The zero-order valence-electron chi connectivity index (χ0n) is 14.5. The SMILES string of the molecule is CC=C[Si](CCC)(CCC)CCC=NCCCCCC. The van der Waals surface area contributed by atoms with E-state index in [1.165, 1.54) is 63.1 Å². The zero-order valence-corrected chi connectivity index (χ0v) is 15.5. The van der Waals surface area contributed by atoms with Gasteiger partial charge in [0.15, 0.2) is 0 Å². The van der Waals surface area contributed by atoms with E-state index in [0.717, 1.165) is 6.54 Å². The van der Waals surface area contributed by atoms with Gasteiger partial charge in [0, 0.05) is 6.54 Å². The number of rotatable bonds is 13. The highest BCUT2D eigenvalue weighted by atomic mass is 28.3. The summed E-state index contributed by atoms with van der Waals surface area (Å²) in [5, 5.41) is 0. The van der Waals surface area contributed by atoms with Crippen LogP contribution in [-0.4, -0.2) is 20.8 Å². The van der Waals surface area contributed by atoms with Gasteiger partial charge in [-0.3, -0.25) is 4.99 Å². The fourth-order valence-corrected chi connectivity index (χ4v) is 7.79. The predicted molar refractivity (Wildman–Crippen MR) is 97.7 cm³/mol. The summed E-state index contributed by atoms with van der Waals surface area (Å²) < 4.78 is 0. The lowest BCUT2D eigenvalue weighted by atomic mass is 10.2. The van der Waals surface area contributed by atoms with Crippen molar-refractivity contribution in [2.75, 3.05) is 6.54 Å². The van der Waals surface area contributed by atoms with E-state index in [9.17, 15) is 0 Å². The standard InChI is InChI=1S/C18H37NSi/c1-5-9-10-11-13-19-14-12-18-20(15-6-2,16-7-3)17-8-4/h6,14-15H,5,7-13,16-18H2,1-4H3. The molecule has 0 amide bonds. The molecule has 0 bridgehead atoms. The minimum absolute atomic E-state index is 1.04. The van der Waals surface area contributed by atoms with Crippen molar-refractivity contribution in [3.8, 4) is 0 Å². The first-order chi connectivity index (χ1) is 9.74. The fourth-order valence-electron chi connectivity index (χ4n) is 3.14.